The second kappa shape index (κ2) is 10.5. The standard InChI is InChI=1S/C19H32ClN3O2/c1-6-7-11-22(13-17-9-8-10-21(17)5)18(24)14-23(12-15(2)3)19(25)16(4)20/h8-10,15-16H,6-7,11-14H2,1-5H3. The van der Waals surface area contributed by atoms with Crippen LogP contribution in [0.25, 0.3) is 0 Å². The summed E-state index contributed by atoms with van der Waals surface area (Å²) in [6.45, 7) is 9.69. The highest BCUT2D eigenvalue weighted by Gasteiger charge is 2.24. The summed E-state index contributed by atoms with van der Waals surface area (Å²) in [4.78, 5) is 28.7. The first kappa shape index (κ1) is 21.6. The average Bonchev–Trinajstić information content (AvgIpc) is 2.94. The maximum atomic E-state index is 12.9. The Kier molecular flexibility index (Phi) is 9.04. The van der Waals surface area contributed by atoms with Gasteiger partial charge in [0, 0.05) is 32.0 Å². The van der Waals surface area contributed by atoms with Crippen LogP contribution in [0.2, 0.25) is 0 Å². The second-order valence-corrected chi connectivity index (χ2v) is 7.66. The predicted molar refractivity (Wildman–Crippen MR) is 102 cm³/mol. The summed E-state index contributed by atoms with van der Waals surface area (Å²) in [5.41, 5.74) is 1.08. The molecule has 142 valence electrons. The Hall–Kier alpha value is -1.49. The van der Waals surface area contributed by atoms with Crippen LogP contribution in [0.5, 0.6) is 0 Å². The van der Waals surface area contributed by atoms with Crippen LogP contribution in [0.3, 0.4) is 0 Å². The highest BCUT2D eigenvalue weighted by atomic mass is 35.5. The zero-order valence-electron chi connectivity index (χ0n) is 16.2. The summed E-state index contributed by atoms with van der Waals surface area (Å²) in [5.74, 6) is 0.0723. The minimum atomic E-state index is -0.622. The number of unbranched alkanes of at least 4 members (excludes halogenated alkanes) is 1. The second-order valence-electron chi connectivity index (χ2n) is 7.01. The van der Waals surface area contributed by atoms with Gasteiger partial charge in [-0.2, -0.15) is 0 Å². The molecule has 0 spiro atoms. The molecule has 1 rings (SSSR count). The Morgan fingerprint density at radius 1 is 1.24 bits per heavy atom. The van der Waals surface area contributed by atoms with Gasteiger partial charge in [-0.05, 0) is 31.4 Å². The topological polar surface area (TPSA) is 45.6 Å². The van der Waals surface area contributed by atoms with Crippen LogP contribution in [0.4, 0.5) is 0 Å². The van der Waals surface area contributed by atoms with E-state index in [9.17, 15) is 9.59 Å². The average molecular weight is 370 g/mol. The lowest BCUT2D eigenvalue weighted by Gasteiger charge is -2.29. The molecule has 0 aliphatic rings. The molecule has 0 saturated carbocycles. The van der Waals surface area contributed by atoms with E-state index in [1.54, 1.807) is 11.8 Å². The van der Waals surface area contributed by atoms with Crippen molar-refractivity contribution in [3.63, 3.8) is 0 Å². The lowest BCUT2D eigenvalue weighted by atomic mass is 10.2. The van der Waals surface area contributed by atoms with E-state index in [4.69, 9.17) is 11.6 Å². The van der Waals surface area contributed by atoms with Crippen LogP contribution in [0.1, 0.15) is 46.2 Å². The number of nitrogens with zero attached hydrogens (tertiary/aromatic N) is 3. The fourth-order valence-electron chi connectivity index (χ4n) is 2.69. The van der Waals surface area contributed by atoms with Crippen LogP contribution in [-0.4, -0.2) is 51.2 Å². The van der Waals surface area contributed by atoms with Crippen LogP contribution in [-0.2, 0) is 23.2 Å². The molecular formula is C19H32ClN3O2. The summed E-state index contributed by atoms with van der Waals surface area (Å²) in [6, 6.07) is 3.99. The molecule has 1 heterocycles. The van der Waals surface area contributed by atoms with Crippen molar-refractivity contribution < 1.29 is 9.59 Å². The van der Waals surface area contributed by atoms with Gasteiger partial charge < -0.3 is 14.4 Å². The van der Waals surface area contributed by atoms with Crippen LogP contribution < -0.4 is 0 Å². The number of carbonyl (C=O) groups is 2. The van der Waals surface area contributed by atoms with Gasteiger partial charge in [-0.15, -0.1) is 11.6 Å². The van der Waals surface area contributed by atoms with Crippen molar-refractivity contribution in [1.82, 2.24) is 14.4 Å². The summed E-state index contributed by atoms with van der Waals surface area (Å²) in [5, 5.41) is -0.622. The molecule has 0 bridgehead atoms. The molecule has 0 fully saturated rings. The minimum Gasteiger partial charge on any atom is -0.353 e. The van der Waals surface area contributed by atoms with Crippen molar-refractivity contribution in [2.45, 2.75) is 52.5 Å². The van der Waals surface area contributed by atoms with E-state index in [-0.39, 0.29) is 24.3 Å². The molecule has 0 aliphatic heterocycles. The Labute approximate surface area is 156 Å². The van der Waals surface area contributed by atoms with Gasteiger partial charge in [-0.3, -0.25) is 9.59 Å². The van der Waals surface area contributed by atoms with Gasteiger partial charge in [0.15, 0.2) is 0 Å². The predicted octanol–water partition coefficient (Wildman–Crippen LogP) is 3.27. The first-order valence-corrected chi connectivity index (χ1v) is 9.50. The van der Waals surface area contributed by atoms with E-state index in [1.807, 2.05) is 48.7 Å². The number of hydrogen-bond donors (Lipinski definition) is 0. The molecule has 1 unspecified atom stereocenters. The normalized spacial score (nSPS) is 12.3. The van der Waals surface area contributed by atoms with Crippen molar-refractivity contribution in [3.05, 3.63) is 24.0 Å². The maximum Gasteiger partial charge on any atom is 0.242 e. The molecule has 0 aliphatic carbocycles. The van der Waals surface area contributed by atoms with Crippen molar-refractivity contribution in [2.75, 3.05) is 19.6 Å². The van der Waals surface area contributed by atoms with E-state index >= 15 is 0 Å². The first-order valence-electron chi connectivity index (χ1n) is 9.07. The zero-order valence-corrected chi connectivity index (χ0v) is 16.9. The van der Waals surface area contributed by atoms with E-state index in [2.05, 4.69) is 6.92 Å². The summed E-state index contributed by atoms with van der Waals surface area (Å²) >= 11 is 5.97. The van der Waals surface area contributed by atoms with Gasteiger partial charge in [0.1, 0.15) is 5.38 Å². The Morgan fingerprint density at radius 3 is 2.40 bits per heavy atom. The number of alkyl halides is 1. The highest BCUT2D eigenvalue weighted by molar-refractivity contribution is 6.30. The number of aromatic nitrogens is 1. The van der Waals surface area contributed by atoms with E-state index in [1.165, 1.54) is 0 Å². The summed E-state index contributed by atoms with van der Waals surface area (Å²) in [6.07, 6.45) is 3.94. The molecule has 2 amide bonds. The third-order valence-electron chi connectivity index (χ3n) is 4.10. The lowest BCUT2D eigenvalue weighted by Crippen LogP contribution is -2.46. The smallest absolute Gasteiger partial charge is 0.242 e. The van der Waals surface area contributed by atoms with Gasteiger partial charge in [-0.1, -0.05) is 27.2 Å². The number of amides is 2. The first-order chi connectivity index (χ1) is 11.8. The van der Waals surface area contributed by atoms with E-state index in [0.717, 1.165) is 18.5 Å². The number of hydrogen-bond acceptors (Lipinski definition) is 2. The van der Waals surface area contributed by atoms with Gasteiger partial charge in [0.2, 0.25) is 11.8 Å². The number of aryl methyl sites for hydroxylation is 1. The fraction of sp³-hybridized carbons (Fsp3) is 0.684. The number of rotatable bonds is 10. The molecule has 0 saturated heterocycles. The molecule has 1 aromatic heterocycles. The Morgan fingerprint density at radius 2 is 1.92 bits per heavy atom. The van der Waals surface area contributed by atoms with Crippen LogP contribution in [0, 0.1) is 5.92 Å². The fourth-order valence-corrected chi connectivity index (χ4v) is 2.82. The van der Waals surface area contributed by atoms with Gasteiger partial charge >= 0.3 is 0 Å². The summed E-state index contributed by atoms with van der Waals surface area (Å²) < 4.78 is 2.02. The quantitative estimate of drug-likeness (QED) is 0.594. The Bertz CT molecular complexity index is 555. The van der Waals surface area contributed by atoms with Crippen molar-refractivity contribution in [3.8, 4) is 0 Å². The van der Waals surface area contributed by atoms with E-state index < -0.39 is 5.38 Å². The Balaban J connectivity index is 2.86. The maximum absolute atomic E-state index is 12.9. The minimum absolute atomic E-state index is 0.0269. The molecule has 25 heavy (non-hydrogen) atoms. The molecular weight excluding hydrogens is 338 g/mol. The third kappa shape index (κ3) is 7.10. The zero-order chi connectivity index (χ0) is 19.0. The van der Waals surface area contributed by atoms with Gasteiger partial charge in [-0.25, -0.2) is 0 Å². The van der Waals surface area contributed by atoms with Crippen molar-refractivity contribution in [1.29, 1.82) is 0 Å². The largest absolute Gasteiger partial charge is 0.353 e. The van der Waals surface area contributed by atoms with Gasteiger partial charge in [0.25, 0.3) is 0 Å². The molecule has 1 atom stereocenters. The number of carbonyl (C=O) groups excluding carboxylic acids is 2. The lowest BCUT2D eigenvalue weighted by molar-refractivity contribution is -0.141. The molecule has 0 radical (unpaired) electrons. The molecule has 6 heteroatoms. The van der Waals surface area contributed by atoms with E-state index in [0.29, 0.717) is 19.6 Å². The number of halogens is 1. The SMILES string of the molecule is CCCCN(Cc1cccn1C)C(=O)CN(CC(C)C)C(=O)C(C)Cl. The molecule has 0 N–H and O–H groups in total. The van der Waals surface area contributed by atoms with Gasteiger partial charge in [0.05, 0.1) is 13.1 Å². The van der Waals surface area contributed by atoms with Crippen LogP contribution >= 0.6 is 11.6 Å². The van der Waals surface area contributed by atoms with Crippen molar-refractivity contribution >= 4 is 23.4 Å². The molecule has 1 aromatic rings. The third-order valence-corrected chi connectivity index (χ3v) is 4.29. The summed E-state index contributed by atoms with van der Waals surface area (Å²) in [7, 11) is 1.97. The highest BCUT2D eigenvalue weighted by Crippen LogP contribution is 2.10. The monoisotopic (exact) mass is 369 g/mol. The van der Waals surface area contributed by atoms with Crippen LogP contribution in [0.15, 0.2) is 18.3 Å². The molecule has 5 nitrogen and oxygen atoms in total. The molecule has 0 aromatic carbocycles. The van der Waals surface area contributed by atoms with Crippen molar-refractivity contribution in [2.24, 2.45) is 13.0 Å².